The molecule has 2 aromatic rings. The van der Waals surface area contributed by atoms with Crippen LogP contribution in [0.1, 0.15) is 18.4 Å². The van der Waals surface area contributed by atoms with Gasteiger partial charge < -0.3 is 4.90 Å². The average molecular weight is 331 g/mol. The molecule has 2 heterocycles. The third-order valence-electron chi connectivity index (χ3n) is 4.48. The fourth-order valence-electron chi connectivity index (χ4n) is 3.15. The highest BCUT2D eigenvalue weighted by molar-refractivity contribution is 5.74. The quantitative estimate of drug-likeness (QED) is 0.804. The van der Waals surface area contributed by atoms with E-state index < -0.39 is 5.63 Å². The molecule has 0 spiro atoms. The molecule has 7 nitrogen and oxygen atoms in total. The lowest BCUT2D eigenvalue weighted by molar-refractivity contribution is -0.751. The van der Waals surface area contributed by atoms with Crippen molar-refractivity contribution < 1.29 is 14.0 Å². The second kappa shape index (κ2) is 7.44. The molecule has 0 saturated carbocycles. The van der Waals surface area contributed by atoms with Gasteiger partial charge in [-0.1, -0.05) is 35.0 Å². The number of aromatic amines is 1. The minimum Gasteiger partial charge on any atom is -0.336 e. The Balaban J connectivity index is 1.57. The highest BCUT2D eigenvalue weighted by Gasteiger charge is 2.28. The van der Waals surface area contributed by atoms with Crippen LogP contribution in [-0.4, -0.2) is 47.2 Å². The third kappa shape index (κ3) is 4.11. The van der Waals surface area contributed by atoms with Gasteiger partial charge in [0.05, 0.1) is 0 Å². The maximum Gasteiger partial charge on any atom is 0.426 e. The molecule has 1 saturated heterocycles. The van der Waals surface area contributed by atoms with Gasteiger partial charge in [0.15, 0.2) is 0 Å². The number of likely N-dealkylation sites (tertiary alicyclic amines) is 1. The minimum atomic E-state index is -0.484. The summed E-state index contributed by atoms with van der Waals surface area (Å²) < 4.78 is 5.96. The Morgan fingerprint density at radius 2 is 2.21 bits per heavy atom. The van der Waals surface area contributed by atoms with Gasteiger partial charge in [-0.3, -0.25) is 14.2 Å². The van der Waals surface area contributed by atoms with Gasteiger partial charge in [0, 0.05) is 25.7 Å². The number of rotatable bonds is 5. The molecule has 1 aliphatic rings. The van der Waals surface area contributed by atoms with Crippen LogP contribution in [0.15, 0.2) is 45.8 Å². The van der Waals surface area contributed by atoms with Gasteiger partial charge in [-0.2, -0.15) is 0 Å². The molecule has 1 amide bonds. The van der Waals surface area contributed by atoms with E-state index in [1.165, 1.54) is 16.4 Å². The Labute approximate surface area is 140 Å². The molecule has 1 atom stereocenters. The van der Waals surface area contributed by atoms with Gasteiger partial charge >= 0.3 is 5.63 Å². The maximum atomic E-state index is 12.4. The molecule has 0 unspecified atom stereocenters. The van der Waals surface area contributed by atoms with Crippen molar-refractivity contribution in [1.82, 2.24) is 15.1 Å². The predicted octanol–water partition coefficient (Wildman–Crippen LogP) is 0.378. The first kappa shape index (κ1) is 16.4. The van der Waals surface area contributed by atoms with E-state index in [-0.39, 0.29) is 12.5 Å². The van der Waals surface area contributed by atoms with Crippen molar-refractivity contribution >= 4 is 5.91 Å². The highest BCUT2D eigenvalue weighted by Crippen LogP contribution is 2.17. The monoisotopic (exact) mass is 331 g/mol. The first-order chi connectivity index (χ1) is 11.6. The summed E-state index contributed by atoms with van der Waals surface area (Å²) in [5, 5.41) is 2.41. The Hall–Kier alpha value is -2.41. The van der Waals surface area contributed by atoms with Crippen LogP contribution in [0.2, 0.25) is 0 Å². The van der Waals surface area contributed by atoms with E-state index in [1.807, 2.05) is 23.1 Å². The van der Waals surface area contributed by atoms with E-state index in [1.54, 1.807) is 0 Å². The highest BCUT2D eigenvalue weighted by atomic mass is 16.5. The zero-order chi connectivity index (χ0) is 16.9. The van der Waals surface area contributed by atoms with Crippen LogP contribution in [0.5, 0.6) is 0 Å². The van der Waals surface area contributed by atoms with Gasteiger partial charge in [0.2, 0.25) is 0 Å². The number of benzene rings is 1. The van der Waals surface area contributed by atoms with E-state index >= 15 is 0 Å². The molecule has 1 N–H and O–H groups in total. The standard InChI is InChI=1S/C17H22N4O3/c1-19(10-14-6-3-2-4-7-14)15-8-5-9-20(11-15)16(22)12-21-13-17(23)24-18-21/h2-4,6-7,13,15H,5,8-12H2,1H3/p+1/t15-/m1/s1. The van der Waals surface area contributed by atoms with Crippen LogP contribution in [0.3, 0.4) is 0 Å². The number of H-pyrrole nitrogens is 1. The number of amides is 1. The minimum absolute atomic E-state index is 0.00476. The first-order valence-electron chi connectivity index (χ1n) is 8.22. The van der Waals surface area contributed by atoms with Crippen molar-refractivity contribution in [1.29, 1.82) is 0 Å². The second-order valence-corrected chi connectivity index (χ2v) is 6.31. The molecule has 1 aromatic carbocycles. The van der Waals surface area contributed by atoms with Crippen molar-refractivity contribution in [3.63, 3.8) is 0 Å². The van der Waals surface area contributed by atoms with Crippen molar-refractivity contribution in [2.24, 2.45) is 0 Å². The summed E-state index contributed by atoms with van der Waals surface area (Å²) in [5.74, 6) is -0.00476. The van der Waals surface area contributed by atoms with Crippen molar-refractivity contribution in [2.45, 2.75) is 32.0 Å². The summed E-state index contributed by atoms with van der Waals surface area (Å²) in [4.78, 5) is 27.6. The Morgan fingerprint density at radius 3 is 2.92 bits per heavy atom. The zero-order valence-corrected chi connectivity index (χ0v) is 13.9. The molecule has 7 heteroatoms. The summed E-state index contributed by atoms with van der Waals surface area (Å²) in [5.41, 5.74) is 0.789. The Kier molecular flexibility index (Phi) is 5.10. The van der Waals surface area contributed by atoms with E-state index in [9.17, 15) is 9.59 Å². The summed E-state index contributed by atoms with van der Waals surface area (Å²) in [7, 11) is 2.11. The van der Waals surface area contributed by atoms with Crippen LogP contribution in [0.4, 0.5) is 0 Å². The summed E-state index contributed by atoms with van der Waals surface area (Å²) in [6.45, 7) is 2.44. The molecule has 1 aliphatic heterocycles. The topological polar surface area (TPSA) is 73.4 Å². The normalized spacial score (nSPS) is 18.1. The number of nitrogens with one attached hydrogen (secondary N) is 1. The predicted molar refractivity (Wildman–Crippen MR) is 87.0 cm³/mol. The number of piperidine rings is 1. The summed E-state index contributed by atoms with van der Waals surface area (Å²) in [6.07, 6.45) is 3.33. The van der Waals surface area contributed by atoms with E-state index in [4.69, 9.17) is 0 Å². The molecular weight excluding hydrogens is 308 g/mol. The fraction of sp³-hybridized carbons (Fsp3) is 0.471. The largest absolute Gasteiger partial charge is 0.426 e. The Bertz CT molecular complexity index is 725. The molecule has 0 radical (unpaired) electrons. The zero-order valence-electron chi connectivity index (χ0n) is 13.9. The number of likely N-dealkylation sites (N-methyl/N-ethyl adjacent to an activating group) is 1. The summed E-state index contributed by atoms with van der Waals surface area (Å²) >= 11 is 0. The van der Waals surface area contributed by atoms with E-state index in [0.29, 0.717) is 12.6 Å². The molecular formula is C17H23N4O3+. The number of aromatic nitrogens is 2. The van der Waals surface area contributed by atoms with Crippen LogP contribution < -0.4 is 10.3 Å². The van der Waals surface area contributed by atoms with Gasteiger partial charge in [-0.25, -0.2) is 4.79 Å². The first-order valence-corrected chi connectivity index (χ1v) is 8.22. The lowest BCUT2D eigenvalue weighted by Gasteiger charge is -2.37. The third-order valence-corrected chi connectivity index (χ3v) is 4.48. The molecule has 1 aromatic heterocycles. The Morgan fingerprint density at radius 1 is 1.42 bits per heavy atom. The van der Waals surface area contributed by atoms with E-state index in [2.05, 4.69) is 33.9 Å². The molecule has 1 fully saturated rings. The van der Waals surface area contributed by atoms with Gasteiger partial charge in [0.25, 0.3) is 18.6 Å². The van der Waals surface area contributed by atoms with Crippen LogP contribution in [-0.2, 0) is 17.9 Å². The number of carbonyl (C=O) groups excluding carboxylic acids is 1. The number of nitrogens with zero attached hydrogens (tertiary/aromatic N) is 3. The van der Waals surface area contributed by atoms with E-state index in [0.717, 1.165) is 25.9 Å². The molecule has 0 bridgehead atoms. The van der Waals surface area contributed by atoms with Crippen molar-refractivity contribution in [2.75, 3.05) is 20.1 Å². The average Bonchev–Trinajstić information content (AvgIpc) is 3.00. The van der Waals surface area contributed by atoms with Crippen molar-refractivity contribution in [3.05, 3.63) is 52.5 Å². The summed E-state index contributed by atoms with van der Waals surface area (Å²) in [6, 6.07) is 10.7. The number of hydrogen-bond acceptors (Lipinski definition) is 4. The molecule has 0 aliphatic carbocycles. The SMILES string of the molecule is CN(Cc1ccccc1)[C@@H]1CCCN(C(=O)C[n+]2cc(=O)o[nH]2)C1. The smallest absolute Gasteiger partial charge is 0.336 e. The number of carbonyl (C=O) groups is 1. The van der Waals surface area contributed by atoms with Crippen LogP contribution in [0, 0.1) is 0 Å². The van der Waals surface area contributed by atoms with Gasteiger partial charge in [0.1, 0.15) is 0 Å². The van der Waals surface area contributed by atoms with Crippen LogP contribution >= 0.6 is 0 Å². The molecule has 3 rings (SSSR count). The lowest BCUT2D eigenvalue weighted by atomic mass is 10.0. The maximum absolute atomic E-state index is 12.4. The fourth-order valence-corrected chi connectivity index (χ4v) is 3.15. The second-order valence-electron chi connectivity index (χ2n) is 6.31. The molecule has 24 heavy (non-hydrogen) atoms. The van der Waals surface area contributed by atoms with Gasteiger partial charge in [-0.15, -0.1) is 0 Å². The van der Waals surface area contributed by atoms with Crippen LogP contribution in [0.25, 0.3) is 0 Å². The molecule has 128 valence electrons. The van der Waals surface area contributed by atoms with Crippen molar-refractivity contribution in [3.8, 4) is 0 Å². The number of hydrogen-bond donors (Lipinski definition) is 1. The van der Waals surface area contributed by atoms with Gasteiger partial charge in [-0.05, 0) is 30.7 Å². The lowest BCUT2D eigenvalue weighted by Crippen LogP contribution is -2.52.